The fourth-order valence-electron chi connectivity index (χ4n) is 8.18. The summed E-state index contributed by atoms with van der Waals surface area (Å²) in [5.41, 5.74) is 16.0. The van der Waals surface area contributed by atoms with Crippen molar-refractivity contribution in [3.63, 3.8) is 0 Å². The van der Waals surface area contributed by atoms with E-state index in [1.807, 2.05) is 30.3 Å². The lowest BCUT2D eigenvalue weighted by atomic mass is 9.93. The first-order valence-corrected chi connectivity index (χ1v) is 18.0. The van der Waals surface area contributed by atoms with E-state index < -0.39 is 0 Å². The van der Waals surface area contributed by atoms with Gasteiger partial charge in [0.15, 0.2) is 5.82 Å². The van der Waals surface area contributed by atoms with Crippen LogP contribution in [0.2, 0.25) is 0 Å². The molecule has 11 rings (SSSR count). The first-order chi connectivity index (χ1) is 26.3. The Morgan fingerprint density at radius 3 is 1.70 bits per heavy atom. The maximum absolute atomic E-state index is 6.55. The molecule has 0 saturated carbocycles. The number of hydrogen-bond acceptors (Lipinski definition) is 3. The molecule has 246 valence electrons. The molecule has 3 nitrogen and oxygen atoms in total. The van der Waals surface area contributed by atoms with Gasteiger partial charge < -0.3 is 4.42 Å². The predicted molar refractivity (Wildman–Crippen MR) is 218 cm³/mol. The van der Waals surface area contributed by atoms with Gasteiger partial charge in [-0.25, -0.2) is 9.97 Å². The van der Waals surface area contributed by atoms with E-state index >= 15 is 0 Å². The Kier molecular flexibility index (Phi) is 6.55. The largest absolute Gasteiger partial charge is 0.455 e. The Morgan fingerprint density at radius 2 is 0.887 bits per heavy atom. The second-order valence-electron chi connectivity index (χ2n) is 13.7. The summed E-state index contributed by atoms with van der Waals surface area (Å²) >= 11 is 0. The van der Waals surface area contributed by atoms with Gasteiger partial charge in [-0.2, -0.15) is 0 Å². The van der Waals surface area contributed by atoms with E-state index in [1.54, 1.807) is 0 Å². The molecule has 2 aromatic heterocycles. The Hall–Kier alpha value is -7.10. The summed E-state index contributed by atoms with van der Waals surface area (Å²) < 4.78 is 6.55. The van der Waals surface area contributed by atoms with Gasteiger partial charge in [-0.1, -0.05) is 152 Å². The number of aromatic nitrogens is 2. The Labute approximate surface area is 306 Å². The van der Waals surface area contributed by atoms with Crippen molar-refractivity contribution >= 4 is 32.7 Å². The van der Waals surface area contributed by atoms with Crippen molar-refractivity contribution in [2.75, 3.05) is 0 Å². The van der Waals surface area contributed by atoms with Gasteiger partial charge in [0.25, 0.3) is 0 Å². The third-order valence-corrected chi connectivity index (χ3v) is 10.6. The zero-order valence-electron chi connectivity index (χ0n) is 28.6. The van der Waals surface area contributed by atoms with E-state index in [0.29, 0.717) is 5.82 Å². The number of benzene rings is 8. The summed E-state index contributed by atoms with van der Waals surface area (Å²) in [7, 11) is 0. The highest BCUT2D eigenvalue weighted by Crippen LogP contribution is 2.49. The zero-order valence-corrected chi connectivity index (χ0v) is 28.6. The van der Waals surface area contributed by atoms with Crippen LogP contribution in [0, 0.1) is 0 Å². The Bertz CT molecular complexity index is 3020. The van der Waals surface area contributed by atoms with Crippen molar-refractivity contribution in [3.8, 4) is 78.4 Å². The molecule has 53 heavy (non-hydrogen) atoms. The van der Waals surface area contributed by atoms with Crippen LogP contribution < -0.4 is 0 Å². The van der Waals surface area contributed by atoms with E-state index in [0.717, 1.165) is 72.3 Å². The molecule has 10 aromatic rings. The van der Waals surface area contributed by atoms with E-state index in [4.69, 9.17) is 14.4 Å². The van der Waals surface area contributed by atoms with E-state index in [1.165, 1.54) is 33.0 Å². The fraction of sp³-hybridized carbons (Fsp3) is 0. The predicted octanol–water partition coefficient (Wildman–Crippen LogP) is 13.5. The number of rotatable bonds is 5. The Morgan fingerprint density at radius 1 is 0.321 bits per heavy atom. The number of hydrogen-bond donors (Lipinski definition) is 0. The zero-order chi connectivity index (χ0) is 34.9. The molecule has 1 aliphatic rings. The number of fused-ring (bicyclic) bond motifs is 6. The molecule has 0 N–H and O–H groups in total. The highest BCUT2D eigenvalue weighted by molar-refractivity contribution is 6.18. The summed E-state index contributed by atoms with van der Waals surface area (Å²) in [5, 5.41) is 4.69. The highest BCUT2D eigenvalue weighted by atomic mass is 16.3. The molecule has 0 unspecified atom stereocenters. The van der Waals surface area contributed by atoms with Gasteiger partial charge in [-0.05, 0) is 80.0 Å². The summed E-state index contributed by atoms with van der Waals surface area (Å²) in [5.74, 6) is 0.690. The third kappa shape index (κ3) is 4.75. The molecular formula is C50H30N2O. The van der Waals surface area contributed by atoms with Crippen LogP contribution in [-0.4, -0.2) is 9.97 Å². The van der Waals surface area contributed by atoms with Crippen molar-refractivity contribution in [2.24, 2.45) is 0 Å². The molecule has 3 heteroatoms. The van der Waals surface area contributed by atoms with E-state index in [2.05, 4.69) is 152 Å². The average Bonchev–Trinajstić information content (AvgIpc) is 3.78. The average molecular weight is 675 g/mol. The summed E-state index contributed by atoms with van der Waals surface area (Å²) in [6, 6.07) is 64.3. The van der Waals surface area contributed by atoms with Crippen LogP contribution in [-0.2, 0) is 0 Å². The van der Waals surface area contributed by atoms with Gasteiger partial charge in [-0.15, -0.1) is 0 Å². The molecule has 0 atom stereocenters. The fourth-order valence-corrected chi connectivity index (χ4v) is 8.18. The van der Waals surface area contributed by atoms with Crippen molar-refractivity contribution in [2.45, 2.75) is 0 Å². The molecular weight excluding hydrogens is 645 g/mol. The molecule has 2 heterocycles. The maximum atomic E-state index is 6.55. The standard InChI is InChI=1S/C50H30N2O/c1-3-13-31(14-4-1)33-27-34(36-20-11-23-44-40-19-9-10-24-47(40)53-49(36)44)29-35(28-33)45-30-46(52-50(51-45)32-15-5-2-6-16-32)39-25-26-43-38-18-8-7-17-37(38)41-21-12-22-42(39)48(41)43/h1-30H. The lowest BCUT2D eigenvalue weighted by molar-refractivity contribution is 0.670. The molecule has 0 radical (unpaired) electrons. The van der Waals surface area contributed by atoms with Crippen LogP contribution in [0.3, 0.4) is 0 Å². The molecule has 0 saturated heterocycles. The third-order valence-electron chi connectivity index (χ3n) is 10.6. The summed E-state index contributed by atoms with van der Waals surface area (Å²) in [6.45, 7) is 0. The van der Waals surface area contributed by atoms with Crippen LogP contribution in [0.1, 0.15) is 0 Å². The summed E-state index contributed by atoms with van der Waals surface area (Å²) in [4.78, 5) is 10.6. The molecule has 1 aliphatic carbocycles. The minimum Gasteiger partial charge on any atom is -0.455 e. The molecule has 0 aliphatic heterocycles. The van der Waals surface area contributed by atoms with Crippen molar-refractivity contribution in [3.05, 3.63) is 182 Å². The van der Waals surface area contributed by atoms with Gasteiger partial charge in [0.05, 0.1) is 11.4 Å². The molecule has 0 bridgehead atoms. The van der Waals surface area contributed by atoms with Crippen LogP contribution in [0.25, 0.3) is 111 Å². The lowest BCUT2D eigenvalue weighted by Crippen LogP contribution is -1.97. The second-order valence-corrected chi connectivity index (χ2v) is 13.7. The molecule has 8 aromatic carbocycles. The first kappa shape index (κ1) is 29.6. The van der Waals surface area contributed by atoms with Gasteiger partial charge in [0.2, 0.25) is 0 Å². The molecule has 0 fully saturated rings. The number of furan rings is 1. The summed E-state index contributed by atoms with van der Waals surface area (Å²) in [6.07, 6.45) is 0. The smallest absolute Gasteiger partial charge is 0.160 e. The van der Waals surface area contributed by atoms with Gasteiger partial charge >= 0.3 is 0 Å². The van der Waals surface area contributed by atoms with E-state index in [9.17, 15) is 0 Å². The lowest BCUT2D eigenvalue weighted by Gasteiger charge is -2.14. The van der Waals surface area contributed by atoms with Gasteiger partial charge in [0.1, 0.15) is 11.2 Å². The van der Waals surface area contributed by atoms with Crippen molar-refractivity contribution in [1.82, 2.24) is 9.97 Å². The normalized spacial score (nSPS) is 11.8. The van der Waals surface area contributed by atoms with Gasteiger partial charge in [0, 0.05) is 33.0 Å². The van der Waals surface area contributed by atoms with Crippen LogP contribution in [0.5, 0.6) is 0 Å². The van der Waals surface area contributed by atoms with Crippen LogP contribution >= 0.6 is 0 Å². The maximum Gasteiger partial charge on any atom is 0.160 e. The van der Waals surface area contributed by atoms with Crippen molar-refractivity contribution < 1.29 is 4.42 Å². The van der Waals surface area contributed by atoms with Crippen LogP contribution in [0.15, 0.2) is 186 Å². The van der Waals surface area contributed by atoms with Crippen LogP contribution in [0.4, 0.5) is 0 Å². The monoisotopic (exact) mass is 674 g/mol. The SMILES string of the molecule is c1ccc(-c2cc(-c3cc(-c4ccc5c6c(cccc46)-c4ccccc4-5)nc(-c4ccccc4)n3)cc(-c3cccc4c3oc3ccccc34)c2)cc1. The van der Waals surface area contributed by atoms with Crippen molar-refractivity contribution in [1.29, 1.82) is 0 Å². The first-order valence-electron chi connectivity index (χ1n) is 18.0. The van der Waals surface area contributed by atoms with Gasteiger partial charge in [-0.3, -0.25) is 0 Å². The number of nitrogens with zero attached hydrogens (tertiary/aromatic N) is 2. The quantitative estimate of drug-likeness (QED) is 0.182. The van der Waals surface area contributed by atoms with E-state index in [-0.39, 0.29) is 0 Å². The second kappa shape index (κ2) is 11.7. The molecule has 0 spiro atoms. The highest BCUT2D eigenvalue weighted by Gasteiger charge is 2.23. The topological polar surface area (TPSA) is 38.9 Å². The minimum absolute atomic E-state index is 0.690. The molecule has 0 amide bonds. The minimum atomic E-state index is 0.690. The Balaban J connectivity index is 1.16. The number of para-hydroxylation sites is 2.